The molecule has 146 valence electrons. The Bertz CT molecular complexity index is 1090. The Morgan fingerprint density at radius 3 is 2.54 bits per heavy atom. The largest absolute Gasteiger partial charge is 0.573 e. The quantitative estimate of drug-likeness (QED) is 0.680. The van der Waals surface area contributed by atoms with Crippen molar-refractivity contribution in [1.82, 2.24) is 4.98 Å². The molecule has 1 aromatic heterocycles. The highest BCUT2D eigenvalue weighted by molar-refractivity contribution is 5.93. The Morgan fingerprint density at radius 2 is 1.89 bits per heavy atom. The minimum Gasteiger partial charge on any atom is -0.465 e. The van der Waals surface area contributed by atoms with Crippen LogP contribution in [0.1, 0.15) is 6.92 Å². The summed E-state index contributed by atoms with van der Waals surface area (Å²) in [7, 11) is 0. The number of anilines is 1. The van der Waals surface area contributed by atoms with Crippen LogP contribution in [0, 0.1) is 0 Å². The minimum atomic E-state index is -4.87. The monoisotopic (exact) mass is 392 g/mol. The first-order valence-electron chi connectivity index (χ1n) is 8.22. The first-order valence-corrected chi connectivity index (χ1v) is 8.22. The van der Waals surface area contributed by atoms with Crippen LogP contribution in [0.4, 0.5) is 23.7 Å². The number of hydrogen-bond acceptors (Lipinski definition) is 3. The first kappa shape index (κ1) is 19.3. The van der Waals surface area contributed by atoms with Gasteiger partial charge in [0, 0.05) is 23.2 Å². The number of aromatic nitrogens is 1. The lowest BCUT2D eigenvalue weighted by atomic mass is 10.1. The number of benzene rings is 2. The van der Waals surface area contributed by atoms with Crippen LogP contribution >= 0.6 is 0 Å². The maximum absolute atomic E-state index is 12.6. The normalized spacial score (nSPS) is 11.4. The number of ether oxygens (including phenoxy) is 1. The van der Waals surface area contributed by atoms with E-state index in [0.29, 0.717) is 11.1 Å². The molecule has 2 aromatic carbocycles. The summed E-state index contributed by atoms with van der Waals surface area (Å²) in [5.41, 5.74) is -0.0153. The van der Waals surface area contributed by atoms with Gasteiger partial charge in [0.25, 0.3) is 5.56 Å². The Hall–Kier alpha value is -3.49. The molecule has 1 amide bonds. The van der Waals surface area contributed by atoms with Gasteiger partial charge in [-0.2, -0.15) is 0 Å². The molecular formula is C19H15F3N2O4. The van der Waals surface area contributed by atoms with Crippen molar-refractivity contribution >= 4 is 22.6 Å². The molecule has 0 unspecified atom stereocenters. The zero-order valence-electron chi connectivity index (χ0n) is 14.6. The molecule has 0 aliphatic carbocycles. The molecule has 0 fully saturated rings. The van der Waals surface area contributed by atoms with E-state index in [0.717, 1.165) is 11.0 Å². The highest BCUT2D eigenvalue weighted by Gasteiger charge is 2.32. The predicted molar refractivity (Wildman–Crippen MR) is 97.7 cm³/mol. The average Bonchev–Trinajstić information content (AvgIpc) is 2.61. The second kappa shape index (κ2) is 7.26. The first-order chi connectivity index (χ1) is 13.2. The van der Waals surface area contributed by atoms with Crippen molar-refractivity contribution in [2.24, 2.45) is 0 Å². The molecule has 0 bridgehead atoms. The number of carbonyl (C=O) groups is 1. The molecule has 0 saturated heterocycles. The topological polar surface area (TPSA) is 82.6 Å². The van der Waals surface area contributed by atoms with E-state index in [1.165, 1.54) is 36.4 Å². The fourth-order valence-corrected chi connectivity index (χ4v) is 2.89. The number of amides is 1. The summed E-state index contributed by atoms with van der Waals surface area (Å²) in [5, 5.41) is 9.89. The summed E-state index contributed by atoms with van der Waals surface area (Å²) in [5.74, 6) is -0.440. The number of rotatable bonds is 4. The van der Waals surface area contributed by atoms with E-state index in [-0.39, 0.29) is 23.2 Å². The predicted octanol–water partition coefficient (Wildman–Crippen LogP) is 4.60. The van der Waals surface area contributed by atoms with E-state index >= 15 is 0 Å². The molecule has 0 aliphatic rings. The van der Waals surface area contributed by atoms with Gasteiger partial charge in [-0.05, 0) is 42.6 Å². The zero-order chi connectivity index (χ0) is 20.5. The van der Waals surface area contributed by atoms with Crippen molar-refractivity contribution in [3.8, 4) is 17.0 Å². The number of para-hydroxylation sites is 1. The molecule has 28 heavy (non-hydrogen) atoms. The molecule has 3 rings (SSSR count). The van der Waals surface area contributed by atoms with Crippen LogP contribution in [0.2, 0.25) is 0 Å². The van der Waals surface area contributed by atoms with Gasteiger partial charge in [-0.3, -0.25) is 9.69 Å². The van der Waals surface area contributed by atoms with Crippen LogP contribution in [0.15, 0.2) is 53.3 Å². The van der Waals surface area contributed by atoms with Gasteiger partial charge < -0.3 is 14.8 Å². The molecule has 6 nitrogen and oxygen atoms in total. The molecule has 1 heterocycles. The van der Waals surface area contributed by atoms with Crippen LogP contribution in [0.25, 0.3) is 22.0 Å². The number of alkyl halides is 3. The summed E-state index contributed by atoms with van der Waals surface area (Å²) < 4.78 is 42.0. The van der Waals surface area contributed by atoms with Crippen molar-refractivity contribution in [3.63, 3.8) is 0 Å². The fraction of sp³-hybridized carbons (Fsp3) is 0.158. The number of nitrogens with zero attached hydrogens (tertiary/aromatic N) is 1. The maximum Gasteiger partial charge on any atom is 0.573 e. The van der Waals surface area contributed by atoms with Crippen molar-refractivity contribution in [2.45, 2.75) is 13.3 Å². The lowest BCUT2D eigenvalue weighted by molar-refractivity contribution is -0.274. The Kier molecular flexibility index (Phi) is 5.00. The Balaban J connectivity index is 2.12. The molecular weight excluding hydrogens is 377 g/mol. The maximum atomic E-state index is 12.6. The van der Waals surface area contributed by atoms with Gasteiger partial charge in [0.1, 0.15) is 5.75 Å². The van der Waals surface area contributed by atoms with Gasteiger partial charge >= 0.3 is 12.5 Å². The molecule has 0 aliphatic heterocycles. The number of halogens is 3. The molecule has 0 atom stereocenters. The van der Waals surface area contributed by atoms with Crippen molar-refractivity contribution in [3.05, 3.63) is 58.9 Å². The van der Waals surface area contributed by atoms with Crippen LogP contribution in [0.5, 0.6) is 5.75 Å². The van der Waals surface area contributed by atoms with Gasteiger partial charge in [-0.15, -0.1) is 13.2 Å². The minimum absolute atomic E-state index is 0.0728. The summed E-state index contributed by atoms with van der Waals surface area (Å²) in [4.78, 5) is 27.4. The van der Waals surface area contributed by atoms with Crippen molar-refractivity contribution < 1.29 is 27.8 Å². The van der Waals surface area contributed by atoms with Crippen molar-refractivity contribution in [2.75, 3.05) is 11.4 Å². The summed E-state index contributed by atoms with van der Waals surface area (Å²) in [6.07, 6.45) is -6.03. The zero-order valence-corrected chi connectivity index (χ0v) is 14.6. The number of aromatic amines is 1. The Morgan fingerprint density at radius 1 is 1.18 bits per heavy atom. The lowest BCUT2D eigenvalue weighted by Gasteiger charge is -2.17. The fourth-order valence-electron chi connectivity index (χ4n) is 2.89. The number of H-pyrrole nitrogens is 1. The summed E-state index contributed by atoms with van der Waals surface area (Å²) in [6.45, 7) is 1.85. The van der Waals surface area contributed by atoms with E-state index in [9.17, 15) is 27.9 Å². The van der Waals surface area contributed by atoms with Gasteiger partial charge in [-0.1, -0.05) is 18.2 Å². The van der Waals surface area contributed by atoms with Crippen LogP contribution in [0.3, 0.4) is 0 Å². The molecule has 0 saturated carbocycles. The van der Waals surface area contributed by atoms with E-state index in [1.54, 1.807) is 13.0 Å². The van der Waals surface area contributed by atoms with Gasteiger partial charge in [0.15, 0.2) is 0 Å². The SMILES string of the molecule is CCN(C(=O)O)c1ccc2cc(-c3ccccc3OC(F)(F)F)[nH]c(=O)c2c1. The molecule has 0 radical (unpaired) electrons. The summed E-state index contributed by atoms with van der Waals surface area (Å²) >= 11 is 0. The van der Waals surface area contributed by atoms with Gasteiger partial charge in [-0.25, -0.2) is 4.79 Å². The third-order valence-electron chi connectivity index (χ3n) is 4.09. The van der Waals surface area contributed by atoms with E-state index in [4.69, 9.17) is 0 Å². The molecule has 2 N–H and O–H groups in total. The third kappa shape index (κ3) is 3.93. The lowest BCUT2D eigenvalue weighted by Crippen LogP contribution is -2.28. The van der Waals surface area contributed by atoms with Crippen LogP contribution < -0.4 is 15.2 Å². The Labute approximate surface area is 156 Å². The number of fused-ring (bicyclic) bond motifs is 1. The number of pyridine rings is 1. The molecule has 3 aromatic rings. The third-order valence-corrected chi connectivity index (χ3v) is 4.09. The molecule has 0 spiro atoms. The van der Waals surface area contributed by atoms with Crippen LogP contribution in [-0.4, -0.2) is 29.1 Å². The van der Waals surface area contributed by atoms with Gasteiger partial charge in [0.2, 0.25) is 0 Å². The van der Waals surface area contributed by atoms with Crippen LogP contribution in [-0.2, 0) is 0 Å². The number of nitrogens with one attached hydrogen (secondary N) is 1. The second-order valence-corrected chi connectivity index (χ2v) is 5.85. The smallest absolute Gasteiger partial charge is 0.465 e. The second-order valence-electron chi connectivity index (χ2n) is 5.85. The summed E-state index contributed by atoms with van der Waals surface area (Å²) in [6, 6.07) is 11.5. The number of carboxylic acid groups (broad SMARTS) is 1. The van der Waals surface area contributed by atoms with E-state index < -0.39 is 23.8 Å². The van der Waals surface area contributed by atoms with Crippen molar-refractivity contribution in [1.29, 1.82) is 0 Å². The standard InChI is InChI=1S/C19H15F3N2O4/c1-2-24(18(26)27)12-8-7-11-9-15(23-17(25)14(11)10-12)13-5-3-4-6-16(13)28-19(20,21)22/h3-10H,2H2,1H3,(H,23,25)(H,26,27). The van der Waals surface area contributed by atoms with Gasteiger partial charge in [0.05, 0.1) is 5.69 Å². The molecule has 9 heteroatoms. The van der Waals surface area contributed by atoms with E-state index in [1.807, 2.05) is 0 Å². The average molecular weight is 392 g/mol. The highest BCUT2D eigenvalue weighted by Crippen LogP contribution is 2.33. The number of hydrogen-bond donors (Lipinski definition) is 2. The highest BCUT2D eigenvalue weighted by atomic mass is 19.4. The van der Waals surface area contributed by atoms with E-state index in [2.05, 4.69) is 9.72 Å².